The van der Waals surface area contributed by atoms with Gasteiger partial charge in [-0.25, -0.2) is 17.8 Å². The van der Waals surface area contributed by atoms with Gasteiger partial charge in [0.25, 0.3) is 0 Å². The standard InChI is InChI=1S/C33H45N4O9PS/c1-24(2)22-37(48(43,44)29-19-17-27(34)18-20-29)28(23-46-47(40,41)42)16-10-11-21-35-32(38)31(36-33(39)45-3)30(25-12-6-4-7-13-25)26-14-8-5-9-15-26/h4-9,12-15,17-20,24,28,30-31H,10-11,16,21-23,34H2,1-3H3,(H,35,38)(H,36,39)(H2,40,41,42)/t28-,31-/m0/s1/i1D3,2D3,3D3,23D,24D/t23?,28-,31-. The molecule has 48 heavy (non-hydrogen) atoms. The Bertz CT molecular complexity index is 1950. The number of nitrogen functional groups attached to an aromatic ring is 1. The van der Waals surface area contributed by atoms with Crippen molar-refractivity contribution in [1.29, 1.82) is 0 Å². The number of alkyl carbamates (subject to hydrolysis) is 1. The molecule has 3 rings (SSSR count). The van der Waals surface area contributed by atoms with Crippen molar-refractivity contribution in [2.45, 2.75) is 55.9 Å². The lowest BCUT2D eigenvalue weighted by Crippen LogP contribution is -2.50. The Balaban J connectivity index is 1.99. The molecule has 0 radical (unpaired) electrons. The van der Waals surface area contributed by atoms with Gasteiger partial charge in [-0.1, -0.05) is 80.8 Å². The van der Waals surface area contributed by atoms with Gasteiger partial charge in [-0.2, -0.15) is 4.31 Å². The number of nitrogens with zero attached hydrogens (tertiary/aromatic N) is 1. The van der Waals surface area contributed by atoms with Crippen LogP contribution >= 0.6 is 7.82 Å². The van der Waals surface area contributed by atoms with Gasteiger partial charge >= 0.3 is 13.9 Å². The number of carbonyl (C=O) groups is 2. The number of nitrogens with one attached hydrogen (secondary N) is 2. The highest BCUT2D eigenvalue weighted by molar-refractivity contribution is 7.89. The molecule has 3 atom stereocenters. The summed E-state index contributed by atoms with van der Waals surface area (Å²) in [5.41, 5.74) is 6.88. The topological polar surface area (TPSA) is 198 Å². The average Bonchev–Trinajstić information content (AvgIpc) is 3.10. The van der Waals surface area contributed by atoms with Crippen molar-refractivity contribution in [2.75, 3.05) is 32.4 Å². The van der Waals surface area contributed by atoms with Crippen molar-refractivity contribution in [3.8, 4) is 0 Å². The van der Waals surface area contributed by atoms with E-state index >= 15 is 0 Å². The van der Waals surface area contributed by atoms with E-state index < -0.39 is 98.9 Å². The summed E-state index contributed by atoms with van der Waals surface area (Å²) in [5.74, 6) is -5.26. The van der Waals surface area contributed by atoms with Gasteiger partial charge in [0, 0.05) is 40.3 Å². The van der Waals surface area contributed by atoms with Crippen molar-refractivity contribution < 1.29 is 56.7 Å². The Morgan fingerprint density at radius 3 is 2.15 bits per heavy atom. The minimum Gasteiger partial charge on any atom is -0.453 e. The van der Waals surface area contributed by atoms with E-state index in [1.54, 1.807) is 60.7 Å². The maximum atomic E-state index is 14.2. The fraction of sp³-hybridized carbons (Fsp3) is 0.394. The normalized spacial score (nSPS) is 18.4. The second-order valence-electron chi connectivity index (χ2n) is 10.5. The summed E-state index contributed by atoms with van der Waals surface area (Å²) in [6, 6.07) is 17.6. The molecule has 0 aliphatic heterocycles. The van der Waals surface area contributed by atoms with Crippen molar-refractivity contribution in [3.05, 3.63) is 96.1 Å². The highest BCUT2D eigenvalue weighted by atomic mass is 32.2. The number of sulfonamides is 1. The molecule has 0 heterocycles. The molecule has 3 aromatic carbocycles. The predicted molar refractivity (Wildman–Crippen MR) is 182 cm³/mol. The number of hydrogen-bond donors (Lipinski definition) is 5. The highest BCUT2D eigenvalue weighted by Crippen LogP contribution is 2.37. The molecule has 0 saturated carbocycles. The monoisotopic (exact) mass is 715 g/mol. The van der Waals surface area contributed by atoms with Gasteiger partial charge in [0.05, 0.1) is 24.0 Å². The highest BCUT2D eigenvalue weighted by Gasteiger charge is 2.35. The molecule has 0 saturated heterocycles. The van der Waals surface area contributed by atoms with Gasteiger partial charge in [-0.3, -0.25) is 9.32 Å². The first-order valence-electron chi connectivity index (χ1n) is 20.1. The number of carbonyl (C=O) groups excluding carboxylic acids is 2. The van der Waals surface area contributed by atoms with Crippen LogP contribution in [0, 0.1) is 5.89 Å². The van der Waals surface area contributed by atoms with Crippen LogP contribution in [0.3, 0.4) is 0 Å². The molecule has 0 bridgehead atoms. The third-order valence-corrected chi connectivity index (χ3v) is 9.33. The van der Waals surface area contributed by atoms with Crippen LogP contribution in [-0.4, -0.2) is 73.3 Å². The molecule has 1 unspecified atom stereocenters. The smallest absolute Gasteiger partial charge is 0.453 e. The number of unbranched alkanes of at least 4 members (excludes halogenated alkanes) is 1. The summed E-state index contributed by atoms with van der Waals surface area (Å²) in [7, 11) is -13.8. The summed E-state index contributed by atoms with van der Waals surface area (Å²) < 4.78 is 136. The van der Waals surface area contributed by atoms with E-state index in [-0.39, 0.29) is 29.4 Å². The van der Waals surface area contributed by atoms with E-state index in [0.717, 1.165) is 24.3 Å². The second kappa shape index (κ2) is 18.1. The van der Waals surface area contributed by atoms with Gasteiger partial charge < -0.3 is 30.9 Å². The summed E-state index contributed by atoms with van der Waals surface area (Å²) in [6.45, 7) is -11.7. The minimum atomic E-state index is -5.55. The van der Waals surface area contributed by atoms with Gasteiger partial charge in [0.2, 0.25) is 15.9 Å². The number of nitrogens with two attached hydrogens (primary N) is 1. The molecule has 0 aliphatic rings. The first kappa shape index (κ1) is 25.2. The number of amides is 2. The quantitative estimate of drug-likeness (QED) is 0.0722. The van der Waals surface area contributed by atoms with Crippen LogP contribution < -0.4 is 16.4 Å². The third-order valence-electron chi connectivity index (χ3n) is 7.05. The van der Waals surface area contributed by atoms with E-state index in [4.69, 9.17) is 20.8 Å². The SMILES string of the molecule is [2H]C(OP(=O)(O)O)[C@H](CCCCNC(=O)[C@@H](NC(=O)OC([2H])([2H])[2H])C(c1ccccc1)c1ccccc1)N(CC([2H])(C([2H])([2H])[2H])C([2H])([2H])[2H])S(=O)(=O)c1ccc(N)cc1. The fourth-order valence-electron chi connectivity index (χ4n) is 4.90. The van der Waals surface area contributed by atoms with Crippen LogP contribution in [-0.2, 0) is 28.6 Å². The molecule has 2 amide bonds. The third kappa shape index (κ3) is 11.7. The largest absolute Gasteiger partial charge is 0.469 e. The number of rotatable bonds is 18. The Morgan fingerprint density at radius 1 is 1.00 bits per heavy atom. The van der Waals surface area contributed by atoms with Crippen LogP contribution in [0.25, 0.3) is 0 Å². The summed E-state index contributed by atoms with van der Waals surface area (Å²) in [6.07, 6.45) is -2.29. The van der Waals surface area contributed by atoms with E-state index in [2.05, 4.69) is 19.9 Å². The number of anilines is 1. The first-order chi connectivity index (χ1) is 27.1. The fourth-order valence-corrected chi connectivity index (χ4v) is 6.76. The molecule has 6 N–H and O–H groups in total. The van der Waals surface area contributed by atoms with Crippen LogP contribution in [0.4, 0.5) is 10.5 Å². The molecule has 3 aromatic rings. The average molecular weight is 716 g/mol. The van der Waals surface area contributed by atoms with Crippen molar-refractivity contribution >= 4 is 35.5 Å². The zero-order chi connectivity index (χ0) is 44.6. The van der Waals surface area contributed by atoms with Crippen molar-refractivity contribution in [1.82, 2.24) is 14.9 Å². The minimum absolute atomic E-state index is 0.0844. The Labute approximate surface area is 297 Å². The lowest BCUT2D eigenvalue weighted by atomic mass is 9.84. The van der Waals surface area contributed by atoms with Crippen LogP contribution in [0.5, 0.6) is 0 Å². The van der Waals surface area contributed by atoms with Crippen LogP contribution in [0.15, 0.2) is 89.8 Å². The maximum absolute atomic E-state index is 14.2. The van der Waals surface area contributed by atoms with E-state index in [1.807, 2.05) is 0 Å². The Kier molecular flexibility index (Phi) is 9.52. The number of phosphoric ester groups is 1. The Morgan fingerprint density at radius 2 is 1.60 bits per heavy atom. The van der Waals surface area contributed by atoms with Gasteiger partial charge in [0.1, 0.15) is 6.04 Å². The summed E-state index contributed by atoms with van der Waals surface area (Å²) in [4.78, 5) is 45.2. The predicted octanol–water partition coefficient (Wildman–Crippen LogP) is 4.24. The molecular weight excluding hydrogens is 659 g/mol. The van der Waals surface area contributed by atoms with E-state index in [9.17, 15) is 32.4 Å². The van der Waals surface area contributed by atoms with Gasteiger partial charge in [-0.05, 0) is 54.1 Å². The van der Waals surface area contributed by atoms with Gasteiger partial charge in [0.15, 0.2) is 0 Å². The maximum Gasteiger partial charge on any atom is 0.469 e. The summed E-state index contributed by atoms with van der Waals surface area (Å²) in [5, 5.41) is 4.93. The number of benzene rings is 3. The van der Waals surface area contributed by atoms with Crippen LogP contribution in [0.1, 0.15) is 65.1 Å². The zero-order valence-electron chi connectivity index (χ0n) is 36.6. The number of methoxy groups -OCH3 is 1. The first-order valence-corrected chi connectivity index (χ1v) is 17.5. The summed E-state index contributed by atoms with van der Waals surface area (Å²) >= 11 is 0. The van der Waals surface area contributed by atoms with Gasteiger partial charge in [-0.15, -0.1) is 0 Å². The van der Waals surface area contributed by atoms with Crippen molar-refractivity contribution in [2.24, 2.45) is 5.89 Å². The molecule has 0 aliphatic carbocycles. The van der Waals surface area contributed by atoms with E-state index in [1.165, 1.54) is 0 Å². The number of ether oxygens (including phenoxy) is 1. The second-order valence-corrected chi connectivity index (χ2v) is 13.6. The molecular formula is C33H45N4O9PS. The molecule has 15 heteroatoms. The van der Waals surface area contributed by atoms with Crippen molar-refractivity contribution in [3.63, 3.8) is 0 Å². The Hall–Kier alpha value is -3.78. The molecule has 0 spiro atoms. The van der Waals surface area contributed by atoms with E-state index in [0.29, 0.717) is 11.1 Å². The zero-order valence-corrected chi connectivity index (χ0v) is 27.3. The van der Waals surface area contributed by atoms with Crippen LogP contribution in [0.2, 0.25) is 0 Å². The lowest BCUT2D eigenvalue weighted by molar-refractivity contribution is -0.123. The molecule has 0 aromatic heterocycles. The molecule has 13 nitrogen and oxygen atoms in total. The number of hydrogen-bond acceptors (Lipinski definition) is 8. The molecule has 0 fully saturated rings. The lowest BCUT2D eigenvalue weighted by Gasteiger charge is -2.32. The molecule has 262 valence electrons. The number of phosphoric acid groups is 1.